The molecule has 190 valence electrons. The lowest BCUT2D eigenvalue weighted by Gasteiger charge is -2.21. The van der Waals surface area contributed by atoms with Crippen LogP contribution in [0.25, 0.3) is 0 Å². The Balaban J connectivity index is 1.76. The van der Waals surface area contributed by atoms with E-state index in [1.807, 2.05) is 4.72 Å². The summed E-state index contributed by atoms with van der Waals surface area (Å²) in [6.07, 6.45) is 0.0882. The van der Waals surface area contributed by atoms with Crippen molar-refractivity contribution >= 4 is 50.5 Å². The van der Waals surface area contributed by atoms with Crippen molar-refractivity contribution in [1.29, 1.82) is 0 Å². The number of hydrogen-bond acceptors (Lipinski definition) is 4. The highest BCUT2D eigenvalue weighted by atomic mass is 35.5. The second-order valence-electron chi connectivity index (χ2n) is 7.66. The Morgan fingerprint density at radius 3 is 2.00 bits per heavy atom. The van der Waals surface area contributed by atoms with E-state index in [0.717, 1.165) is 5.56 Å². The van der Waals surface area contributed by atoms with Crippen LogP contribution >= 0.6 is 34.8 Å². The molecule has 0 amide bonds. The number of nitrogens with one attached hydrogen (secondary N) is 2. The van der Waals surface area contributed by atoms with E-state index >= 15 is 0 Å². The molecule has 1 aliphatic rings. The van der Waals surface area contributed by atoms with E-state index in [4.69, 9.17) is 34.8 Å². The summed E-state index contributed by atoms with van der Waals surface area (Å²) in [6.45, 7) is 0. The number of sulfonamides is 1. The van der Waals surface area contributed by atoms with Gasteiger partial charge in [-0.05, 0) is 35.4 Å². The zero-order valence-electron chi connectivity index (χ0n) is 17.6. The molecule has 0 saturated carbocycles. The van der Waals surface area contributed by atoms with Crippen molar-refractivity contribution < 1.29 is 30.4 Å². The molecule has 1 aliphatic heterocycles. The molecule has 0 fully saturated rings. The fourth-order valence-electron chi connectivity index (χ4n) is 3.61. The highest BCUT2D eigenvalue weighted by Gasteiger charge is 2.38. The molecular formula is C22H13Cl3F5N3O2S. The molecule has 0 aliphatic carbocycles. The summed E-state index contributed by atoms with van der Waals surface area (Å²) < 4.78 is 97.6. The molecule has 2 N–H and O–H groups in total. The molecule has 2 atom stereocenters. The van der Waals surface area contributed by atoms with Gasteiger partial charge in [0, 0.05) is 21.5 Å². The lowest BCUT2D eigenvalue weighted by molar-refractivity contribution is 0.357. The van der Waals surface area contributed by atoms with E-state index in [0.29, 0.717) is 5.02 Å². The van der Waals surface area contributed by atoms with Gasteiger partial charge in [-0.2, -0.15) is 9.82 Å². The number of nitrogens with zero attached hydrogens (tertiary/aromatic N) is 1. The van der Waals surface area contributed by atoms with Crippen molar-refractivity contribution in [2.75, 3.05) is 0 Å². The first-order chi connectivity index (χ1) is 16.9. The van der Waals surface area contributed by atoms with Gasteiger partial charge in [0.05, 0.1) is 17.8 Å². The van der Waals surface area contributed by atoms with Gasteiger partial charge in [-0.1, -0.05) is 53.0 Å². The van der Waals surface area contributed by atoms with Crippen molar-refractivity contribution in [3.63, 3.8) is 0 Å². The predicted molar refractivity (Wildman–Crippen MR) is 125 cm³/mol. The smallest absolute Gasteiger partial charge is 0.247 e. The zero-order chi connectivity index (χ0) is 26.4. The van der Waals surface area contributed by atoms with Gasteiger partial charge in [-0.15, -0.1) is 0 Å². The number of benzene rings is 3. The molecule has 0 spiro atoms. The normalized spacial score (nSPS) is 16.6. The third-order valence-corrected chi connectivity index (χ3v) is 7.62. The molecule has 4 rings (SSSR count). The molecule has 36 heavy (non-hydrogen) atoms. The van der Waals surface area contributed by atoms with Crippen molar-refractivity contribution in [1.82, 2.24) is 10.1 Å². The summed E-state index contributed by atoms with van der Waals surface area (Å²) >= 11 is 18.1. The summed E-state index contributed by atoms with van der Waals surface area (Å²) in [6, 6.07) is 8.80. The highest BCUT2D eigenvalue weighted by molar-refractivity contribution is 7.89. The van der Waals surface area contributed by atoms with Crippen LogP contribution in [0.3, 0.4) is 0 Å². The van der Waals surface area contributed by atoms with E-state index in [9.17, 15) is 30.4 Å². The molecule has 0 bridgehead atoms. The van der Waals surface area contributed by atoms with Crippen LogP contribution in [0.1, 0.15) is 29.6 Å². The second kappa shape index (κ2) is 10.1. The average Bonchev–Trinajstić information content (AvgIpc) is 3.31. The monoisotopic (exact) mass is 583 g/mol. The van der Waals surface area contributed by atoms with E-state index < -0.39 is 56.1 Å². The topological polar surface area (TPSA) is 70.6 Å². The molecule has 0 aromatic heterocycles. The van der Waals surface area contributed by atoms with Crippen LogP contribution in [0.2, 0.25) is 15.1 Å². The van der Waals surface area contributed by atoms with Gasteiger partial charge in [-0.25, -0.2) is 30.4 Å². The molecular weight excluding hydrogens is 572 g/mol. The maximum Gasteiger partial charge on any atom is 0.247 e. The SMILES string of the molecule is O=S(=O)(NC(C1=NNC(c2ccc(Cl)cc2)C1)c1ccc(Cl)cc1Cl)c1c(F)c(F)c(F)c(F)c1F. The molecule has 14 heteroatoms. The Hall–Kier alpha value is -2.44. The fourth-order valence-corrected chi connectivity index (χ4v) is 5.60. The highest BCUT2D eigenvalue weighted by Crippen LogP contribution is 2.35. The Morgan fingerprint density at radius 1 is 0.861 bits per heavy atom. The third kappa shape index (κ3) is 5.03. The van der Waals surface area contributed by atoms with Crippen LogP contribution in [-0.2, 0) is 10.0 Å². The molecule has 0 saturated heterocycles. The van der Waals surface area contributed by atoms with Crippen molar-refractivity contribution in [2.45, 2.75) is 23.4 Å². The van der Waals surface area contributed by atoms with Gasteiger partial charge >= 0.3 is 0 Å². The number of rotatable bonds is 6. The minimum absolute atomic E-state index is 0.0368. The average molecular weight is 585 g/mol. The Kier molecular flexibility index (Phi) is 7.50. The van der Waals surface area contributed by atoms with Crippen molar-refractivity contribution in [3.05, 3.63) is 97.7 Å². The first-order valence-electron chi connectivity index (χ1n) is 9.97. The van der Waals surface area contributed by atoms with Gasteiger partial charge in [-0.3, -0.25) is 0 Å². The number of halogens is 8. The molecule has 5 nitrogen and oxygen atoms in total. The largest absolute Gasteiger partial charge is 0.302 e. The molecule has 3 aromatic carbocycles. The van der Waals surface area contributed by atoms with E-state index in [1.54, 1.807) is 24.3 Å². The van der Waals surface area contributed by atoms with Gasteiger partial charge in [0.1, 0.15) is 0 Å². The molecule has 2 unspecified atom stereocenters. The van der Waals surface area contributed by atoms with Crippen LogP contribution < -0.4 is 10.1 Å². The van der Waals surface area contributed by atoms with Crippen molar-refractivity contribution in [2.24, 2.45) is 5.10 Å². The first kappa shape index (κ1) is 26.6. The standard InChI is InChI=1S/C22H13Cl3F5N3O2S/c23-10-3-1-9(2-4-10)14-8-15(32-31-14)21(12-6-5-11(24)7-13(12)25)33-36(34,35)22-19(29)17(27)16(26)18(28)20(22)30/h1-7,14,21,31,33H,8H2. The number of hydrazone groups is 1. The summed E-state index contributed by atoms with van der Waals surface area (Å²) in [5.41, 5.74) is 3.75. The second-order valence-corrected chi connectivity index (χ2v) is 10.6. The lowest BCUT2D eigenvalue weighted by atomic mass is 9.96. The quantitative estimate of drug-likeness (QED) is 0.199. The van der Waals surface area contributed by atoms with Crippen LogP contribution in [0.5, 0.6) is 0 Å². The zero-order valence-corrected chi connectivity index (χ0v) is 20.7. The Bertz CT molecular complexity index is 1460. The van der Waals surface area contributed by atoms with Crippen LogP contribution in [0.15, 0.2) is 52.5 Å². The minimum Gasteiger partial charge on any atom is -0.302 e. The Labute approximate surface area is 216 Å². The lowest BCUT2D eigenvalue weighted by Crippen LogP contribution is -2.35. The minimum atomic E-state index is -5.35. The van der Waals surface area contributed by atoms with Gasteiger partial charge < -0.3 is 5.43 Å². The first-order valence-corrected chi connectivity index (χ1v) is 12.6. The summed E-state index contributed by atoms with van der Waals surface area (Å²) in [5.74, 6) is -12.3. The summed E-state index contributed by atoms with van der Waals surface area (Å²) in [4.78, 5) is -2.03. The van der Waals surface area contributed by atoms with E-state index in [-0.39, 0.29) is 27.7 Å². The molecule has 1 heterocycles. The third-order valence-electron chi connectivity index (χ3n) is 5.37. The fraction of sp³-hybridized carbons (Fsp3) is 0.136. The van der Waals surface area contributed by atoms with E-state index in [1.165, 1.54) is 18.2 Å². The van der Waals surface area contributed by atoms with Crippen LogP contribution in [-0.4, -0.2) is 14.1 Å². The van der Waals surface area contributed by atoms with Gasteiger partial charge in [0.2, 0.25) is 15.8 Å². The Morgan fingerprint density at radius 2 is 1.42 bits per heavy atom. The maximum atomic E-state index is 14.3. The number of hydrogen-bond donors (Lipinski definition) is 2. The van der Waals surface area contributed by atoms with Crippen LogP contribution in [0.4, 0.5) is 22.0 Å². The van der Waals surface area contributed by atoms with Gasteiger partial charge in [0.15, 0.2) is 28.2 Å². The molecule has 0 radical (unpaired) electrons. The summed E-state index contributed by atoms with van der Waals surface area (Å²) in [7, 11) is -5.35. The summed E-state index contributed by atoms with van der Waals surface area (Å²) in [5, 5.41) is 4.80. The van der Waals surface area contributed by atoms with E-state index in [2.05, 4.69) is 10.5 Å². The maximum absolute atomic E-state index is 14.3. The van der Waals surface area contributed by atoms with Crippen molar-refractivity contribution in [3.8, 4) is 0 Å². The molecule has 3 aromatic rings. The predicted octanol–water partition coefficient (Wildman–Crippen LogP) is 6.45. The van der Waals surface area contributed by atoms with Crippen LogP contribution in [0, 0.1) is 29.1 Å². The van der Waals surface area contributed by atoms with Gasteiger partial charge in [0.25, 0.3) is 0 Å².